The van der Waals surface area contributed by atoms with Gasteiger partial charge in [-0.3, -0.25) is 4.72 Å². The summed E-state index contributed by atoms with van der Waals surface area (Å²) in [5, 5.41) is 0. The Bertz CT molecular complexity index is 350. The number of hydrogen-bond acceptors (Lipinski definition) is 2. The highest BCUT2D eigenvalue weighted by Gasteiger charge is 2.06. The topological polar surface area (TPSA) is 46.2 Å². The van der Waals surface area contributed by atoms with Crippen LogP contribution in [0, 0.1) is 0 Å². The van der Waals surface area contributed by atoms with Gasteiger partial charge in [-0.15, -0.1) is 0 Å². The normalized spacial score (nSPS) is 11.5. The Hall–Kier alpha value is -0.805. The Kier molecular flexibility index (Phi) is 3.51. The van der Waals surface area contributed by atoms with E-state index in [0.29, 0.717) is 0 Å². The summed E-state index contributed by atoms with van der Waals surface area (Å²) in [5.41, 5.74) is 0.753. The molecule has 0 aliphatic rings. The molecule has 0 amide bonds. The van der Waals surface area contributed by atoms with Crippen molar-refractivity contribution in [1.82, 2.24) is 4.72 Å². The molecule has 0 heterocycles. The van der Waals surface area contributed by atoms with E-state index in [2.05, 4.69) is 4.72 Å². The van der Waals surface area contributed by atoms with Crippen LogP contribution in [0.15, 0.2) is 30.3 Å². The molecule has 0 aliphatic heterocycles. The van der Waals surface area contributed by atoms with Crippen molar-refractivity contribution in [2.75, 3.05) is 6.44 Å². The van der Waals surface area contributed by atoms with Gasteiger partial charge in [0.1, 0.15) is 0 Å². The van der Waals surface area contributed by atoms with Crippen LogP contribution in [0.4, 0.5) is 0 Å². The van der Waals surface area contributed by atoms with Crippen molar-refractivity contribution < 1.29 is 8.42 Å². The van der Waals surface area contributed by atoms with Gasteiger partial charge in [0.2, 0.25) is 10.0 Å². The largest absolute Gasteiger partial charge is 0.604 e. The lowest BCUT2D eigenvalue weighted by Crippen LogP contribution is -2.26. The van der Waals surface area contributed by atoms with E-state index in [0.717, 1.165) is 5.56 Å². The van der Waals surface area contributed by atoms with Crippen LogP contribution in [0.1, 0.15) is 5.56 Å². The van der Waals surface area contributed by atoms with Crippen molar-refractivity contribution in [3.8, 4) is 0 Å². The predicted octanol–water partition coefficient (Wildman–Crippen LogP) is 0.232. The molecule has 0 spiro atoms. The molecule has 0 aromatic heterocycles. The fourth-order valence-electron chi connectivity index (χ4n) is 0.972. The van der Waals surface area contributed by atoms with Crippen molar-refractivity contribution >= 4 is 17.9 Å². The molecule has 1 rings (SSSR count). The fourth-order valence-corrected chi connectivity index (χ4v) is 1.96. The molecule has 0 saturated heterocycles. The monoisotopic (exact) mass is 195 g/mol. The average Bonchev–Trinajstić information content (AvgIpc) is 2.04. The van der Waals surface area contributed by atoms with Crippen LogP contribution in [-0.2, 0) is 15.8 Å². The third kappa shape index (κ3) is 3.61. The number of nitrogens with one attached hydrogen (secondary N) is 1. The Balaban J connectivity index is 2.70. The first-order chi connectivity index (χ1) is 6.14. The minimum absolute atomic E-state index is 0.0228. The molecule has 0 saturated carbocycles. The van der Waals surface area contributed by atoms with Gasteiger partial charge in [-0.1, -0.05) is 30.3 Å². The first kappa shape index (κ1) is 10.3. The number of rotatable bonds is 4. The molecule has 5 heteroatoms. The van der Waals surface area contributed by atoms with Crippen molar-refractivity contribution in [1.29, 1.82) is 0 Å². The lowest BCUT2D eigenvalue weighted by atomic mass is 10.2. The molecule has 3 nitrogen and oxygen atoms in total. The molecule has 0 bridgehead atoms. The highest BCUT2D eigenvalue weighted by molar-refractivity contribution is 7.88. The lowest BCUT2D eigenvalue weighted by Gasteiger charge is -2.08. The maximum Gasteiger partial charge on any atom is 0.212 e. The Morgan fingerprint density at radius 2 is 1.85 bits per heavy atom. The van der Waals surface area contributed by atoms with Gasteiger partial charge in [-0.2, -0.15) is 0 Å². The van der Waals surface area contributed by atoms with E-state index >= 15 is 0 Å². The first-order valence-electron chi connectivity index (χ1n) is 3.85. The summed E-state index contributed by atoms with van der Waals surface area (Å²) in [5.74, 6) is -0.0228. The van der Waals surface area contributed by atoms with E-state index in [1.165, 1.54) is 0 Å². The van der Waals surface area contributed by atoms with Gasteiger partial charge in [-0.25, -0.2) is 14.9 Å². The van der Waals surface area contributed by atoms with Crippen LogP contribution in [0.3, 0.4) is 0 Å². The van der Waals surface area contributed by atoms with Crippen LogP contribution in [-0.4, -0.2) is 22.7 Å². The van der Waals surface area contributed by atoms with Gasteiger partial charge in [0.25, 0.3) is 0 Å². The predicted molar refractivity (Wildman–Crippen MR) is 52.8 cm³/mol. The molecule has 0 fully saturated rings. The fraction of sp³-hybridized carbons (Fsp3) is 0.250. The first-order valence-corrected chi connectivity index (χ1v) is 5.50. The van der Waals surface area contributed by atoms with Crippen molar-refractivity contribution in [3.05, 3.63) is 35.9 Å². The van der Waals surface area contributed by atoms with Crippen molar-refractivity contribution in [3.63, 3.8) is 0 Å². The minimum Gasteiger partial charge on any atom is -0.604 e. The lowest BCUT2D eigenvalue weighted by molar-refractivity contribution is 0.586. The maximum absolute atomic E-state index is 11.2. The molecule has 1 aromatic rings. The molecule has 1 N–H and O–H groups in total. The summed E-state index contributed by atoms with van der Waals surface area (Å²) in [6, 6.07) is 8.96. The molecule has 1 aromatic carbocycles. The van der Waals surface area contributed by atoms with Gasteiger partial charge in [0.15, 0.2) is 0 Å². The molecular formula is C8H10BNO2S-. The Morgan fingerprint density at radius 1 is 1.23 bits per heavy atom. The van der Waals surface area contributed by atoms with Crippen LogP contribution in [0.25, 0.3) is 0 Å². The second-order valence-corrected chi connectivity index (χ2v) is 4.40. The van der Waals surface area contributed by atoms with E-state index in [1.807, 2.05) is 6.07 Å². The summed E-state index contributed by atoms with van der Waals surface area (Å²) in [4.78, 5) is 0. The average molecular weight is 195 g/mol. The molecule has 3 radical (unpaired) electrons. The summed E-state index contributed by atoms with van der Waals surface area (Å²) in [7, 11) is 1.82. The van der Waals surface area contributed by atoms with Crippen LogP contribution >= 0.6 is 0 Å². The summed E-state index contributed by atoms with van der Waals surface area (Å²) in [6.45, 7) is 0. The maximum atomic E-state index is 11.2. The summed E-state index contributed by atoms with van der Waals surface area (Å²) < 4.78 is 24.6. The highest BCUT2D eigenvalue weighted by atomic mass is 32.2. The van der Waals surface area contributed by atoms with E-state index in [4.69, 9.17) is 7.85 Å². The quantitative estimate of drug-likeness (QED) is 0.699. The van der Waals surface area contributed by atoms with Crippen molar-refractivity contribution in [2.24, 2.45) is 0 Å². The van der Waals surface area contributed by atoms with E-state index in [-0.39, 0.29) is 12.2 Å². The second-order valence-electron chi connectivity index (χ2n) is 2.59. The van der Waals surface area contributed by atoms with E-state index < -0.39 is 10.0 Å². The van der Waals surface area contributed by atoms with Gasteiger partial charge in [0.05, 0.1) is 5.75 Å². The van der Waals surface area contributed by atoms with Crippen LogP contribution < -0.4 is 4.72 Å². The third-order valence-electron chi connectivity index (χ3n) is 1.50. The third-order valence-corrected chi connectivity index (χ3v) is 2.82. The zero-order chi connectivity index (χ0) is 9.73. The Labute approximate surface area is 79.6 Å². The van der Waals surface area contributed by atoms with Gasteiger partial charge in [0, 0.05) is 0 Å². The second kappa shape index (κ2) is 4.44. The molecule has 0 atom stereocenters. The minimum atomic E-state index is -3.26. The molecular weight excluding hydrogens is 185 g/mol. The standard InChI is InChI=1S/C8H10BNO2S/c9-7-10-13(11,12)6-8-4-2-1-3-5-8/h1-5,10H,6-7H2/q-1. The van der Waals surface area contributed by atoms with Crippen molar-refractivity contribution in [2.45, 2.75) is 5.75 Å². The van der Waals surface area contributed by atoms with Gasteiger partial charge in [-0.05, 0) is 5.56 Å². The highest BCUT2D eigenvalue weighted by Crippen LogP contribution is 2.03. The number of sulfonamides is 1. The summed E-state index contributed by atoms with van der Waals surface area (Å²) >= 11 is 0. The smallest absolute Gasteiger partial charge is 0.212 e. The van der Waals surface area contributed by atoms with E-state index in [1.54, 1.807) is 24.3 Å². The Morgan fingerprint density at radius 3 is 2.38 bits per heavy atom. The SMILES string of the molecule is [B-]CNS(=O)(=O)Cc1ccccc1. The van der Waals surface area contributed by atoms with Crippen LogP contribution in [0.5, 0.6) is 0 Å². The molecule has 69 valence electrons. The van der Waals surface area contributed by atoms with Gasteiger partial charge >= 0.3 is 0 Å². The number of hydrogen-bond donors (Lipinski definition) is 1. The molecule has 0 unspecified atom stereocenters. The zero-order valence-electron chi connectivity index (χ0n) is 7.10. The van der Waals surface area contributed by atoms with Crippen LogP contribution in [0.2, 0.25) is 0 Å². The van der Waals surface area contributed by atoms with E-state index in [9.17, 15) is 8.42 Å². The zero-order valence-corrected chi connectivity index (χ0v) is 7.92. The van der Waals surface area contributed by atoms with Gasteiger partial charge < -0.3 is 7.85 Å². The summed E-state index contributed by atoms with van der Waals surface area (Å²) in [6.07, 6.45) is -0.0604. The number of benzene rings is 1. The molecule has 0 aliphatic carbocycles. The molecule has 13 heavy (non-hydrogen) atoms.